The molecule has 0 saturated heterocycles. The smallest absolute Gasteiger partial charge is 0.346 e. The van der Waals surface area contributed by atoms with Crippen LogP contribution in [0.1, 0.15) is 37.9 Å². The summed E-state index contributed by atoms with van der Waals surface area (Å²) in [6.07, 6.45) is -1.46. The van der Waals surface area contributed by atoms with Gasteiger partial charge in [0.25, 0.3) is 11.8 Å². The maximum absolute atomic E-state index is 14.1. The summed E-state index contributed by atoms with van der Waals surface area (Å²) in [5.74, 6) is -6.82. The molecule has 0 bridgehead atoms. The molecule has 4 rings (SSSR count). The molecule has 0 spiro atoms. The van der Waals surface area contributed by atoms with Crippen molar-refractivity contribution in [3.05, 3.63) is 59.1 Å². The van der Waals surface area contributed by atoms with Crippen LogP contribution in [0.2, 0.25) is 0 Å². The fourth-order valence-corrected chi connectivity index (χ4v) is 3.39. The van der Waals surface area contributed by atoms with E-state index in [1.54, 1.807) is 24.1 Å². The topological polar surface area (TPSA) is 124 Å². The Morgan fingerprint density at radius 3 is 2.39 bits per heavy atom. The molecule has 190 valence electrons. The SMILES string of the molecule is Cc1cc(C(F)(F)C(F)(F)F)n2nc(C(=O)Nc3cnn(C)c3C(=O)NCc3cnn(C)c3)cc2n1. The van der Waals surface area contributed by atoms with Gasteiger partial charge < -0.3 is 10.6 Å². The van der Waals surface area contributed by atoms with Gasteiger partial charge in [-0.1, -0.05) is 0 Å². The molecule has 0 aromatic carbocycles. The van der Waals surface area contributed by atoms with E-state index in [-0.39, 0.29) is 33.8 Å². The van der Waals surface area contributed by atoms with Crippen molar-refractivity contribution in [2.24, 2.45) is 14.1 Å². The Labute approximate surface area is 198 Å². The fourth-order valence-electron chi connectivity index (χ4n) is 3.39. The molecule has 16 heteroatoms. The van der Waals surface area contributed by atoms with Gasteiger partial charge in [-0.2, -0.15) is 37.2 Å². The van der Waals surface area contributed by atoms with Crippen molar-refractivity contribution in [3.63, 3.8) is 0 Å². The lowest BCUT2D eigenvalue weighted by atomic mass is 10.2. The second-order valence-electron chi connectivity index (χ2n) is 7.84. The van der Waals surface area contributed by atoms with Crippen molar-refractivity contribution in [1.29, 1.82) is 0 Å². The van der Waals surface area contributed by atoms with Crippen LogP contribution in [0, 0.1) is 6.92 Å². The van der Waals surface area contributed by atoms with Crippen molar-refractivity contribution in [1.82, 2.24) is 39.5 Å². The zero-order valence-electron chi connectivity index (χ0n) is 18.9. The maximum Gasteiger partial charge on any atom is 0.459 e. The van der Waals surface area contributed by atoms with E-state index in [4.69, 9.17) is 0 Å². The van der Waals surface area contributed by atoms with E-state index < -0.39 is 35.3 Å². The Morgan fingerprint density at radius 2 is 1.75 bits per heavy atom. The average molecular weight is 511 g/mol. The highest BCUT2D eigenvalue weighted by Crippen LogP contribution is 2.43. The number of aryl methyl sites for hydroxylation is 3. The summed E-state index contributed by atoms with van der Waals surface area (Å²) in [5, 5.41) is 16.6. The molecule has 0 radical (unpaired) electrons. The minimum absolute atomic E-state index is 0.0331. The third kappa shape index (κ3) is 4.48. The number of hydrogen-bond donors (Lipinski definition) is 2. The molecular weight excluding hydrogens is 493 g/mol. The van der Waals surface area contributed by atoms with Crippen molar-refractivity contribution in [2.45, 2.75) is 25.6 Å². The molecule has 2 amide bonds. The summed E-state index contributed by atoms with van der Waals surface area (Å²) < 4.78 is 70.2. The van der Waals surface area contributed by atoms with Crippen molar-refractivity contribution in [3.8, 4) is 0 Å². The van der Waals surface area contributed by atoms with Gasteiger partial charge in [-0.3, -0.25) is 19.0 Å². The number of amides is 2. The molecule has 4 aromatic heterocycles. The molecule has 0 fully saturated rings. The number of fused-ring (bicyclic) bond motifs is 1. The average Bonchev–Trinajstić information content (AvgIpc) is 3.49. The van der Waals surface area contributed by atoms with Crippen LogP contribution in [0.5, 0.6) is 0 Å². The Bertz CT molecular complexity index is 1470. The normalized spacial score (nSPS) is 12.2. The number of nitrogens with one attached hydrogen (secondary N) is 2. The van der Waals surface area contributed by atoms with Gasteiger partial charge in [-0.15, -0.1) is 0 Å². The van der Waals surface area contributed by atoms with Gasteiger partial charge in [0.15, 0.2) is 11.3 Å². The highest BCUT2D eigenvalue weighted by molar-refractivity contribution is 6.07. The van der Waals surface area contributed by atoms with Crippen molar-refractivity contribution >= 4 is 23.1 Å². The van der Waals surface area contributed by atoms with Gasteiger partial charge in [0.05, 0.1) is 18.1 Å². The van der Waals surface area contributed by atoms with E-state index in [0.29, 0.717) is 6.07 Å². The lowest BCUT2D eigenvalue weighted by Gasteiger charge is -2.20. The van der Waals surface area contributed by atoms with Crippen LogP contribution in [0.3, 0.4) is 0 Å². The molecule has 0 aliphatic carbocycles. The summed E-state index contributed by atoms with van der Waals surface area (Å²) in [6.45, 7) is 1.37. The Hall–Kier alpha value is -4.37. The van der Waals surface area contributed by atoms with Gasteiger partial charge in [-0.25, -0.2) is 9.50 Å². The van der Waals surface area contributed by atoms with E-state index in [9.17, 15) is 31.5 Å². The summed E-state index contributed by atoms with van der Waals surface area (Å²) in [7, 11) is 3.17. The summed E-state index contributed by atoms with van der Waals surface area (Å²) in [5.41, 5.74) is -1.86. The lowest BCUT2D eigenvalue weighted by molar-refractivity contribution is -0.291. The monoisotopic (exact) mass is 511 g/mol. The number of aromatic nitrogens is 7. The predicted molar refractivity (Wildman–Crippen MR) is 113 cm³/mol. The minimum atomic E-state index is -5.89. The highest BCUT2D eigenvalue weighted by atomic mass is 19.4. The van der Waals surface area contributed by atoms with E-state index in [0.717, 1.165) is 11.6 Å². The first-order valence-electron chi connectivity index (χ1n) is 10.2. The molecule has 4 aromatic rings. The quantitative estimate of drug-likeness (QED) is 0.383. The lowest BCUT2D eigenvalue weighted by Crippen LogP contribution is -2.36. The van der Waals surface area contributed by atoms with Crippen LogP contribution in [0.4, 0.5) is 27.6 Å². The zero-order chi connectivity index (χ0) is 26.4. The highest BCUT2D eigenvalue weighted by Gasteiger charge is 2.60. The number of nitrogens with zero attached hydrogens (tertiary/aromatic N) is 7. The van der Waals surface area contributed by atoms with Gasteiger partial charge >= 0.3 is 12.1 Å². The van der Waals surface area contributed by atoms with E-state index in [1.807, 2.05) is 0 Å². The van der Waals surface area contributed by atoms with Crippen LogP contribution in [0.15, 0.2) is 30.7 Å². The molecule has 0 aliphatic heterocycles. The molecule has 4 heterocycles. The largest absolute Gasteiger partial charge is 0.459 e. The summed E-state index contributed by atoms with van der Waals surface area (Å²) >= 11 is 0. The van der Waals surface area contributed by atoms with Crippen LogP contribution >= 0.6 is 0 Å². The number of rotatable bonds is 6. The van der Waals surface area contributed by atoms with Gasteiger partial charge in [-0.05, 0) is 13.0 Å². The van der Waals surface area contributed by atoms with Gasteiger partial charge in [0, 0.05) is 44.2 Å². The molecule has 2 N–H and O–H groups in total. The number of alkyl halides is 5. The Morgan fingerprint density at radius 1 is 1.03 bits per heavy atom. The first kappa shape index (κ1) is 24.7. The standard InChI is InChI=1S/C20H18F5N9O2/c1-10-4-14(19(21,22)20(23,24)25)34-15(29-10)5-12(31-34)17(35)30-13-8-28-33(3)16(13)18(36)26-6-11-7-27-32(2)9-11/h4-5,7-9H,6H2,1-3H3,(H,26,36)(H,30,35). The number of carbonyl (C=O) groups is 2. The first-order valence-corrected chi connectivity index (χ1v) is 10.2. The zero-order valence-corrected chi connectivity index (χ0v) is 18.9. The van der Waals surface area contributed by atoms with E-state index in [2.05, 4.69) is 30.9 Å². The number of halogens is 5. The molecule has 0 atom stereocenters. The fraction of sp³-hybridized carbons (Fsp3) is 0.300. The number of hydrogen-bond acceptors (Lipinski definition) is 6. The summed E-state index contributed by atoms with van der Waals surface area (Å²) in [6, 6.07) is 1.50. The summed E-state index contributed by atoms with van der Waals surface area (Å²) in [4.78, 5) is 29.4. The molecule has 0 unspecified atom stereocenters. The van der Waals surface area contributed by atoms with Crippen LogP contribution in [0.25, 0.3) is 5.65 Å². The van der Waals surface area contributed by atoms with E-state index >= 15 is 0 Å². The van der Waals surface area contributed by atoms with Crippen LogP contribution in [-0.2, 0) is 26.6 Å². The molecular formula is C20H18F5N9O2. The molecule has 11 nitrogen and oxygen atoms in total. The Balaban J connectivity index is 1.60. The van der Waals surface area contributed by atoms with Gasteiger partial charge in [0.2, 0.25) is 0 Å². The molecule has 0 saturated carbocycles. The molecule has 36 heavy (non-hydrogen) atoms. The van der Waals surface area contributed by atoms with E-state index in [1.165, 1.54) is 24.9 Å². The second kappa shape index (κ2) is 8.69. The third-order valence-electron chi connectivity index (χ3n) is 5.08. The van der Waals surface area contributed by atoms with Gasteiger partial charge in [0.1, 0.15) is 11.4 Å². The molecule has 0 aliphatic rings. The third-order valence-corrected chi connectivity index (χ3v) is 5.08. The minimum Gasteiger partial charge on any atom is -0.346 e. The van der Waals surface area contributed by atoms with Crippen LogP contribution in [-0.4, -0.2) is 52.1 Å². The first-order chi connectivity index (χ1) is 16.8. The number of carbonyl (C=O) groups excluding carboxylic acids is 2. The maximum atomic E-state index is 14.1. The van der Waals surface area contributed by atoms with Crippen molar-refractivity contribution < 1.29 is 31.5 Å². The second-order valence-corrected chi connectivity index (χ2v) is 7.84. The van der Waals surface area contributed by atoms with Crippen LogP contribution < -0.4 is 10.6 Å². The Kier molecular flexibility index (Phi) is 5.97. The predicted octanol–water partition coefficient (Wildman–Crippen LogP) is 2.34. The van der Waals surface area contributed by atoms with Crippen molar-refractivity contribution in [2.75, 3.05) is 5.32 Å². The number of anilines is 1.